The van der Waals surface area contributed by atoms with Gasteiger partial charge in [-0.15, -0.1) is 0 Å². The Hall–Kier alpha value is -4.47. The van der Waals surface area contributed by atoms with E-state index in [1.54, 1.807) is 20.0 Å². The summed E-state index contributed by atoms with van der Waals surface area (Å²) in [6.45, 7) is 3.64. The minimum atomic E-state index is -1.28. The van der Waals surface area contributed by atoms with Crippen LogP contribution in [-0.4, -0.2) is 85.4 Å². The van der Waals surface area contributed by atoms with Gasteiger partial charge in [-0.2, -0.15) is 0 Å². The number of nitrogens with two attached hydrogens (primary N) is 3. The van der Waals surface area contributed by atoms with Crippen LogP contribution >= 0.6 is 0 Å². The molecule has 0 fully saturated rings. The normalized spacial score (nSPS) is 14.1. The molecule has 4 atom stereocenters. The van der Waals surface area contributed by atoms with Gasteiger partial charge >= 0.3 is 5.97 Å². The molecule has 0 aromatic carbocycles. The maximum absolute atomic E-state index is 13.2. The number of carboxylic acids is 1. The Morgan fingerprint density at radius 2 is 1.51 bits per heavy atom. The van der Waals surface area contributed by atoms with Crippen LogP contribution in [0.2, 0.25) is 0 Å². The van der Waals surface area contributed by atoms with E-state index in [0.717, 1.165) is 0 Å². The number of aliphatic carboxylic acids is 1. The minimum absolute atomic E-state index is 0.0470. The third-order valence-electron chi connectivity index (χ3n) is 5.75. The molecule has 39 heavy (non-hydrogen) atoms. The molecule has 0 saturated heterocycles. The summed E-state index contributed by atoms with van der Waals surface area (Å²) in [5, 5.41) is 17.3. The molecule has 16 heteroatoms. The summed E-state index contributed by atoms with van der Waals surface area (Å²) in [5.41, 5.74) is 17.9. The number of imidazole rings is 2. The van der Waals surface area contributed by atoms with E-state index in [1.165, 1.54) is 18.9 Å². The van der Waals surface area contributed by atoms with Crippen molar-refractivity contribution in [2.24, 2.45) is 28.1 Å². The molecular formula is C23H37N11O5. The third-order valence-corrected chi connectivity index (χ3v) is 5.75. The predicted octanol–water partition coefficient (Wildman–Crippen LogP) is -2.51. The molecule has 2 rings (SSSR count). The number of rotatable bonds is 16. The topological polar surface area (TPSA) is 272 Å². The van der Waals surface area contributed by atoms with Gasteiger partial charge in [0.15, 0.2) is 5.96 Å². The second kappa shape index (κ2) is 15.1. The monoisotopic (exact) mass is 547 g/mol. The van der Waals surface area contributed by atoms with E-state index >= 15 is 0 Å². The van der Waals surface area contributed by atoms with Crippen LogP contribution in [0.4, 0.5) is 0 Å². The number of aromatic nitrogens is 4. The van der Waals surface area contributed by atoms with Crippen LogP contribution in [0.3, 0.4) is 0 Å². The van der Waals surface area contributed by atoms with Crippen molar-refractivity contribution in [3.63, 3.8) is 0 Å². The molecule has 214 valence electrons. The second-order valence-corrected chi connectivity index (χ2v) is 9.31. The highest BCUT2D eigenvalue weighted by Gasteiger charge is 2.31. The summed E-state index contributed by atoms with van der Waals surface area (Å²) >= 11 is 0. The zero-order valence-corrected chi connectivity index (χ0v) is 21.9. The van der Waals surface area contributed by atoms with Crippen LogP contribution in [-0.2, 0) is 32.0 Å². The van der Waals surface area contributed by atoms with Gasteiger partial charge in [-0.3, -0.25) is 19.4 Å². The fourth-order valence-corrected chi connectivity index (χ4v) is 3.64. The van der Waals surface area contributed by atoms with Gasteiger partial charge in [0.25, 0.3) is 0 Å². The Kier molecular flexibility index (Phi) is 11.9. The molecule has 0 radical (unpaired) electrons. The number of carboxylic acid groups (broad SMARTS) is 1. The Morgan fingerprint density at radius 1 is 0.923 bits per heavy atom. The lowest BCUT2D eigenvalue weighted by molar-refractivity contribution is -0.142. The number of guanidine groups is 1. The second-order valence-electron chi connectivity index (χ2n) is 9.31. The van der Waals surface area contributed by atoms with Gasteiger partial charge in [-0.1, -0.05) is 13.8 Å². The van der Waals surface area contributed by atoms with Crippen molar-refractivity contribution in [1.29, 1.82) is 0 Å². The van der Waals surface area contributed by atoms with Crippen molar-refractivity contribution in [2.75, 3.05) is 6.54 Å². The summed E-state index contributed by atoms with van der Waals surface area (Å²) in [7, 11) is 0. The predicted molar refractivity (Wildman–Crippen MR) is 141 cm³/mol. The number of carbonyl (C=O) groups is 4. The van der Waals surface area contributed by atoms with E-state index < -0.39 is 47.9 Å². The van der Waals surface area contributed by atoms with E-state index in [4.69, 9.17) is 17.2 Å². The molecule has 0 aliphatic heterocycles. The Balaban J connectivity index is 2.12. The fourth-order valence-electron chi connectivity index (χ4n) is 3.64. The number of nitrogens with one attached hydrogen (secondary N) is 5. The average Bonchev–Trinajstić information content (AvgIpc) is 3.57. The molecule has 0 spiro atoms. The number of aromatic amines is 2. The number of carbonyl (C=O) groups excluding carboxylic acids is 3. The molecule has 3 amide bonds. The molecule has 4 unspecified atom stereocenters. The first kappa shape index (κ1) is 30.8. The molecule has 12 N–H and O–H groups in total. The lowest BCUT2D eigenvalue weighted by Crippen LogP contribution is -2.58. The maximum Gasteiger partial charge on any atom is 0.326 e. The van der Waals surface area contributed by atoms with Crippen LogP contribution in [0.25, 0.3) is 0 Å². The molecule has 0 bridgehead atoms. The van der Waals surface area contributed by atoms with Crippen molar-refractivity contribution >= 4 is 29.7 Å². The first-order valence-electron chi connectivity index (χ1n) is 12.4. The van der Waals surface area contributed by atoms with Crippen molar-refractivity contribution in [3.05, 3.63) is 36.4 Å². The maximum atomic E-state index is 13.2. The quantitative estimate of drug-likeness (QED) is 0.0605. The van der Waals surface area contributed by atoms with Crippen LogP contribution in [0.15, 0.2) is 30.0 Å². The number of hydrogen-bond donors (Lipinski definition) is 9. The number of nitrogens with zero attached hydrogens (tertiary/aromatic N) is 3. The molecule has 0 aliphatic rings. The highest BCUT2D eigenvalue weighted by Crippen LogP contribution is 2.08. The molecule has 2 aromatic heterocycles. The van der Waals surface area contributed by atoms with Crippen molar-refractivity contribution in [3.8, 4) is 0 Å². The molecule has 0 aliphatic carbocycles. The highest BCUT2D eigenvalue weighted by molar-refractivity contribution is 5.94. The van der Waals surface area contributed by atoms with Gasteiger partial charge in [0.2, 0.25) is 17.7 Å². The molecular weight excluding hydrogens is 510 g/mol. The third kappa shape index (κ3) is 10.4. The smallest absolute Gasteiger partial charge is 0.326 e. The summed E-state index contributed by atoms with van der Waals surface area (Å²) in [6.07, 6.45) is 6.39. The van der Waals surface area contributed by atoms with E-state index in [2.05, 4.69) is 40.9 Å². The van der Waals surface area contributed by atoms with Gasteiger partial charge < -0.3 is 48.2 Å². The van der Waals surface area contributed by atoms with E-state index in [-0.39, 0.29) is 37.7 Å². The Labute approximate surface area is 225 Å². The van der Waals surface area contributed by atoms with Crippen molar-refractivity contribution in [1.82, 2.24) is 35.9 Å². The van der Waals surface area contributed by atoms with Crippen molar-refractivity contribution < 1.29 is 24.3 Å². The van der Waals surface area contributed by atoms with Crippen LogP contribution in [0.1, 0.15) is 38.1 Å². The van der Waals surface area contributed by atoms with E-state index in [1.807, 2.05) is 0 Å². The molecule has 2 heterocycles. The van der Waals surface area contributed by atoms with Gasteiger partial charge in [-0.05, 0) is 18.8 Å². The Morgan fingerprint density at radius 3 is 2.03 bits per heavy atom. The standard InChI is InChI=1S/C23H37N11O5/c1-12(2)18(34-19(35)15(24)6-13-8-27-10-30-13)21(37)32-16(4-3-5-29-23(25)26)20(36)33-17(22(38)39)7-14-9-28-11-31-14/h8-12,15-18H,3-7,24H2,1-2H3,(H,27,30)(H,28,31)(H,32,37)(H,33,36)(H,34,35)(H,38,39)(H4,25,26,29). The van der Waals surface area contributed by atoms with Crippen molar-refractivity contribution in [2.45, 2.75) is 63.7 Å². The van der Waals surface area contributed by atoms with Crippen LogP contribution in [0.5, 0.6) is 0 Å². The first-order valence-corrected chi connectivity index (χ1v) is 12.4. The van der Waals surface area contributed by atoms with Gasteiger partial charge in [0.1, 0.15) is 18.1 Å². The molecule has 0 saturated carbocycles. The summed E-state index contributed by atoms with van der Waals surface area (Å²) < 4.78 is 0. The molecule has 2 aromatic rings. The lowest BCUT2D eigenvalue weighted by Gasteiger charge is -2.27. The summed E-state index contributed by atoms with van der Waals surface area (Å²) in [5.74, 6) is -3.65. The van der Waals surface area contributed by atoms with E-state index in [0.29, 0.717) is 17.8 Å². The zero-order chi connectivity index (χ0) is 28.9. The van der Waals surface area contributed by atoms with Crippen LogP contribution < -0.4 is 33.2 Å². The SMILES string of the molecule is CC(C)C(NC(=O)C(N)Cc1cnc[nH]1)C(=O)NC(CCCN=C(N)N)C(=O)NC(Cc1cnc[nH]1)C(=O)O. The fraction of sp³-hybridized carbons (Fsp3) is 0.522. The average molecular weight is 548 g/mol. The van der Waals surface area contributed by atoms with E-state index in [9.17, 15) is 24.3 Å². The van der Waals surface area contributed by atoms with Gasteiger partial charge in [0.05, 0.1) is 18.7 Å². The zero-order valence-electron chi connectivity index (χ0n) is 21.9. The number of amides is 3. The summed E-state index contributed by atoms with van der Waals surface area (Å²) in [4.78, 5) is 68.1. The molecule has 16 nitrogen and oxygen atoms in total. The number of aliphatic imine (C=N–C) groups is 1. The number of hydrogen-bond acceptors (Lipinski definition) is 8. The largest absolute Gasteiger partial charge is 0.480 e. The first-order chi connectivity index (χ1) is 18.5. The highest BCUT2D eigenvalue weighted by atomic mass is 16.4. The minimum Gasteiger partial charge on any atom is -0.480 e. The van der Waals surface area contributed by atoms with Crippen LogP contribution in [0, 0.1) is 5.92 Å². The van der Waals surface area contributed by atoms with Gasteiger partial charge in [0, 0.05) is 43.2 Å². The Bertz CT molecular complexity index is 1100. The van der Waals surface area contributed by atoms with Gasteiger partial charge in [-0.25, -0.2) is 14.8 Å². The number of H-pyrrole nitrogens is 2. The lowest BCUT2D eigenvalue weighted by atomic mass is 10.0. The summed E-state index contributed by atoms with van der Waals surface area (Å²) in [6, 6.07) is -4.38.